The molecule has 0 saturated heterocycles. The quantitative estimate of drug-likeness (QED) is 0.860. The van der Waals surface area contributed by atoms with E-state index >= 15 is 0 Å². The molecule has 4 heteroatoms. The molecule has 1 aromatic heterocycles. The average molecular weight is 273 g/mol. The van der Waals surface area contributed by atoms with Crippen LogP contribution in [0.5, 0.6) is 0 Å². The molecule has 3 nitrogen and oxygen atoms in total. The second-order valence-electron chi connectivity index (χ2n) is 5.00. The van der Waals surface area contributed by atoms with Gasteiger partial charge in [0.1, 0.15) is 17.2 Å². The molecule has 0 radical (unpaired) electrons. The fourth-order valence-corrected chi connectivity index (χ4v) is 3.15. The van der Waals surface area contributed by atoms with Gasteiger partial charge in [0, 0.05) is 10.5 Å². The minimum Gasteiger partial charge on any atom is -0.383 e. The lowest BCUT2D eigenvalue weighted by atomic mass is 10.1. The summed E-state index contributed by atoms with van der Waals surface area (Å²) < 4.78 is 0. The minimum absolute atomic E-state index is 0.314. The maximum atomic E-state index is 5.97. The first-order valence-corrected chi connectivity index (χ1v) is 7.16. The number of nitrogen functional groups attached to an aromatic ring is 1. The van der Waals surface area contributed by atoms with Crippen molar-refractivity contribution >= 4 is 17.6 Å². The van der Waals surface area contributed by atoms with Crippen molar-refractivity contribution in [1.29, 1.82) is 0 Å². The number of hydrogen-bond acceptors (Lipinski definition) is 4. The van der Waals surface area contributed by atoms with Crippen LogP contribution < -0.4 is 5.73 Å². The minimum atomic E-state index is 0.314. The number of nitrogens with two attached hydrogens (primary N) is 1. The molecule has 2 rings (SSSR count). The maximum absolute atomic E-state index is 5.97. The first-order chi connectivity index (χ1) is 8.99. The van der Waals surface area contributed by atoms with E-state index in [2.05, 4.69) is 55.9 Å². The number of nitrogens with zero attached hydrogens (tertiary/aromatic N) is 2. The van der Waals surface area contributed by atoms with E-state index in [0.717, 1.165) is 10.6 Å². The normalized spacial score (nSPS) is 11.0. The van der Waals surface area contributed by atoms with Crippen molar-refractivity contribution in [3.05, 3.63) is 41.2 Å². The molecule has 0 fully saturated rings. The van der Waals surface area contributed by atoms with Gasteiger partial charge in [0.25, 0.3) is 0 Å². The number of aromatic nitrogens is 2. The standard InChI is InChI=1S/C15H19N3S/c1-9(2)13-14(16)17-8-18-15(13)19-12-6-5-10(3)7-11(12)4/h5-9H,1-4H3,(H2,16,17,18). The predicted molar refractivity (Wildman–Crippen MR) is 80.6 cm³/mol. The monoisotopic (exact) mass is 273 g/mol. The molecule has 0 amide bonds. The summed E-state index contributed by atoms with van der Waals surface area (Å²) in [5.74, 6) is 0.895. The highest BCUT2D eigenvalue weighted by Crippen LogP contribution is 2.35. The van der Waals surface area contributed by atoms with Crippen molar-refractivity contribution in [2.45, 2.75) is 43.5 Å². The van der Waals surface area contributed by atoms with Gasteiger partial charge in [-0.1, -0.05) is 43.3 Å². The Morgan fingerprint density at radius 3 is 2.53 bits per heavy atom. The summed E-state index contributed by atoms with van der Waals surface area (Å²) in [5.41, 5.74) is 9.54. The summed E-state index contributed by atoms with van der Waals surface area (Å²) in [4.78, 5) is 9.70. The molecule has 0 aliphatic carbocycles. The second-order valence-corrected chi connectivity index (χ2v) is 6.03. The maximum Gasteiger partial charge on any atom is 0.131 e. The van der Waals surface area contributed by atoms with Crippen LogP contribution in [0, 0.1) is 13.8 Å². The van der Waals surface area contributed by atoms with Gasteiger partial charge >= 0.3 is 0 Å². The summed E-state index contributed by atoms with van der Waals surface area (Å²) >= 11 is 1.66. The Balaban J connectivity index is 2.41. The topological polar surface area (TPSA) is 51.8 Å². The number of aryl methyl sites for hydroxylation is 2. The smallest absolute Gasteiger partial charge is 0.131 e. The zero-order chi connectivity index (χ0) is 14.0. The van der Waals surface area contributed by atoms with Crippen LogP contribution in [0.4, 0.5) is 5.82 Å². The van der Waals surface area contributed by atoms with Crippen LogP contribution >= 0.6 is 11.8 Å². The van der Waals surface area contributed by atoms with Crippen molar-refractivity contribution in [3.63, 3.8) is 0 Å². The Bertz CT molecular complexity index is 594. The van der Waals surface area contributed by atoms with Gasteiger partial charge in [0.2, 0.25) is 0 Å². The molecule has 0 unspecified atom stereocenters. The lowest BCUT2D eigenvalue weighted by Gasteiger charge is -2.14. The Morgan fingerprint density at radius 2 is 1.89 bits per heavy atom. The van der Waals surface area contributed by atoms with Crippen molar-refractivity contribution in [1.82, 2.24) is 9.97 Å². The fourth-order valence-electron chi connectivity index (χ4n) is 2.03. The zero-order valence-corrected chi connectivity index (χ0v) is 12.6. The highest BCUT2D eigenvalue weighted by atomic mass is 32.2. The second kappa shape index (κ2) is 5.61. The molecule has 2 aromatic rings. The molecule has 1 heterocycles. The van der Waals surface area contributed by atoms with E-state index in [1.165, 1.54) is 22.3 Å². The van der Waals surface area contributed by atoms with Crippen LogP contribution in [0.15, 0.2) is 34.4 Å². The van der Waals surface area contributed by atoms with E-state index in [-0.39, 0.29) is 0 Å². The lowest BCUT2D eigenvalue weighted by molar-refractivity contribution is 0.808. The Morgan fingerprint density at radius 1 is 1.16 bits per heavy atom. The SMILES string of the molecule is Cc1ccc(Sc2ncnc(N)c2C(C)C)c(C)c1. The van der Waals surface area contributed by atoms with Crippen LogP contribution in [0.25, 0.3) is 0 Å². The highest BCUT2D eigenvalue weighted by Gasteiger charge is 2.14. The summed E-state index contributed by atoms with van der Waals surface area (Å²) in [6.45, 7) is 8.45. The molecular formula is C15H19N3S. The van der Waals surface area contributed by atoms with Crippen LogP contribution in [-0.2, 0) is 0 Å². The van der Waals surface area contributed by atoms with Crippen molar-refractivity contribution in [3.8, 4) is 0 Å². The summed E-state index contributed by atoms with van der Waals surface area (Å²) in [6.07, 6.45) is 1.53. The van der Waals surface area contributed by atoms with Gasteiger partial charge in [-0.05, 0) is 31.4 Å². The van der Waals surface area contributed by atoms with Crippen LogP contribution in [0.3, 0.4) is 0 Å². The number of anilines is 1. The first kappa shape index (κ1) is 13.9. The van der Waals surface area contributed by atoms with Gasteiger partial charge in [0.15, 0.2) is 0 Å². The molecule has 0 spiro atoms. The van der Waals surface area contributed by atoms with Crippen LogP contribution in [0.1, 0.15) is 36.5 Å². The summed E-state index contributed by atoms with van der Waals surface area (Å²) in [7, 11) is 0. The Labute approximate surface area is 118 Å². The third kappa shape index (κ3) is 3.07. The molecule has 0 bridgehead atoms. The Kier molecular flexibility index (Phi) is 4.10. The molecule has 1 aromatic carbocycles. The number of rotatable bonds is 3. The van der Waals surface area contributed by atoms with Crippen molar-refractivity contribution < 1.29 is 0 Å². The van der Waals surface area contributed by atoms with Crippen molar-refractivity contribution in [2.75, 3.05) is 5.73 Å². The van der Waals surface area contributed by atoms with Gasteiger partial charge in [0.05, 0.1) is 0 Å². The molecule has 0 aliphatic rings. The molecular weight excluding hydrogens is 254 g/mol. The zero-order valence-electron chi connectivity index (χ0n) is 11.8. The lowest BCUT2D eigenvalue weighted by Crippen LogP contribution is -2.03. The number of hydrogen-bond donors (Lipinski definition) is 1. The van der Waals surface area contributed by atoms with E-state index in [1.807, 2.05) is 0 Å². The van der Waals surface area contributed by atoms with Gasteiger partial charge in [-0.2, -0.15) is 0 Å². The third-order valence-corrected chi connectivity index (χ3v) is 4.19. The van der Waals surface area contributed by atoms with Gasteiger partial charge in [-0.15, -0.1) is 0 Å². The molecule has 19 heavy (non-hydrogen) atoms. The van der Waals surface area contributed by atoms with E-state index in [1.54, 1.807) is 11.8 Å². The molecule has 100 valence electrons. The molecule has 0 saturated carbocycles. The summed E-state index contributed by atoms with van der Waals surface area (Å²) in [5, 5.41) is 0.953. The van der Waals surface area contributed by atoms with Crippen LogP contribution in [0.2, 0.25) is 0 Å². The molecule has 0 atom stereocenters. The van der Waals surface area contributed by atoms with E-state index in [4.69, 9.17) is 5.73 Å². The highest BCUT2D eigenvalue weighted by molar-refractivity contribution is 7.99. The Hall–Kier alpha value is -1.55. The summed E-state index contributed by atoms with van der Waals surface area (Å²) in [6, 6.07) is 6.44. The third-order valence-electron chi connectivity index (χ3n) is 2.99. The first-order valence-electron chi connectivity index (χ1n) is 6.34. The molecule has 0 aliphatic heterocycles. The van der Waals surface area contributed by atoms with Gasteiger partial charge in [-0.25, -0.2) is 9.97 Å². The average Bonchev–Trinajstić information content (AvgIpc) is 2.32. The molecule has 2 N–H and O–H groups in total. The van der Waals surface area contributed by atoms with E-state index in [0.29, 0.717) is 11.7 Å². The fraction of sp³-hybridized carbons (Fsp3) is 0.333. The van der Waals surface area contributed by atoms with Crippen LogP contribution in [-0.4, -0.2) is 9.97 Å². The van der Waals surface area contributed by atoms with Gasteiger partial charge in [-0.3, -0.25) is 0 Å². The van der Waals surface area contributed by atoms with Crippen molar-refractivity contribution in [2.24, 2.45) is 0 Å². The van der Waals surface area contributed by atoms with E-state index in [9.17, 15) is 0 Å². The number of benzene rings is 1. The predicted octanol–water partition coefficient (Wildman–Crippen LogP) is 3.95. The largest absolute Gasteiger partial charge is 0.383 e. The van der Waals surface area contributed by atoms with Gasteiger partial charge < -0.3 is 5.73 Å². The van der Waals surface area contributed by atoms with E-state index < -0.39 is 0 Å².